The normalized spacial score (nSPS) is 17.5. The zero-order valence-corrected chi connectivity index (χ0v) is 13.1. The summed E-state index contributed by atoms with van der Waals surface area (Å²) in [5, 5.41) is 0. The number of hydrogen-bond donors (Lipinski definition) is 1. The molecule has 1 aliphatic rings. The Morgan fingerprint density at radius 2 is 2.10 bits per heavy atom. The van der Waals surface area contributed by atoms with Gasteiger partial charge in [-0.25, -0.2) is 4.98 Å². The number of nitrogens with zero attached hydrogens (tertiary/aromatic N) is 4. The molecule has 1 aromatic rings. The first-order valence-corrected chi connectivity index (χ1v) is 7.63. The van der Waals surface area contributed by atoms with E-state index in [4.69, 9.17) is 18.0 Å². The van der Waals surface area contributed by atoms with Crippen molar-refractivity contribution in [2.24, 2.45) is 5.73 Å². The van der Waals surface area contributed by atoms with Gasteiger partial charge in [-0.2, -0.15) is 0 Å². The predicted octanol–water partition coefficient (Wildman–Crippen LogP) is 0.689. The summed E-state index contributed by atoms with van der Waals surface area (Å²) in [5.41, 5.74) is 6.22. The summed E-state index contributed by atoms with van der Waals surface area (Å²) in [5.74, 6) is -0.0647. The summed E-state index contributed by atoms with van der Waals surface area (Å²) in [6.45, 7) is 5.03. The van der Waals surface area contributed by atoms with Crippen LogP contribution in [0.5, 0.6) is 0 Å². The van der Waals surface area contributed by atoms with Gasteiger partial charge in [-0.3, -0.25) is 14.7 Å². The van der Waals surface area contributed by atoms with Crippen LogP contribution in [0.1, 0.15) is 30.3 Å². The summed E-state index contributed by atoms with van der Waals surface area (Å²) in [6.07, 6.45) is 6.61. The first-order chi connectivity index (χ1) is 10.1. The Bertz CT molecular complexity index is 487. The molecule has 0 aromatic carbocycles. The van der Waals surface area contributed by atoms with E-state index in [0.29, 0.717) is 23.8 Å². The molecule has 1 atom stereocenters. The summed E-state index contributed by atoms with van der Waals surface area (Å²) < 4.78 is 0. The lowest BCUT2D eigenvalue weighted by molar-refractivity contribution is 0.0602. The minimum Gasteiger partial charge on any atom is -0.392 e. The molecule has 1 fully saturated rings. The molecule has 0 spiro atoms. The number of thiocarbonyl (C=S) groups is 1. The van der Waals surface area contributed by atoms with Crippen molar-refractivity contribution >= 4 is 23.1 Å². The van der Waals surface area contributed by atoms with Crippen LogP contribution in [0.15, 0.2) is 18.6 Å². The van der Waals surface area contributed by atoms with Crippen molar-refractivity contribution in [2.75, 3.05) is 26.2 Å². The summed E-state index contributed by atoms with van der Waals surface area (Å²) in [7, 11) is 0. The SMILES string of the molecule is CCCC(C(N)=S)N1CCN(C(=O)c2cnccn2)CC1. The molecule has 0 radical (unpaired) electrons. The van der Waals surface area contributed by atoms with Crippen LogP contribution in [0, 0.1) is 0 Å². The number of piperazine rings is 1. The van der Waals surface area contributed by atoms with Gasteiger partial charge in [0.1, 0.15) is 5.69 Å². The Balaban J connectivity index is 1.94. The topological polar surface area (TPSA) is 75.3 Å². The van der Waals surface area contributed by atoms with E-state index in [9.17, 15) is 4.79 Å². The quantitative estimate of drug-likeness (QED) is 0.807. The number of nitrogens with two attached hydrogens (primary N) is 1. The largest absolute Gasteiger partial charge is 0.392 e. The average Bonchev–Trinajstić information content (AvgIpc) is 2.53. The van der Waals surface area contributed by atoms with Crippen LogP contribution < -0.4 is 5.73 Å². The highest BCUT2D eigenvalue weighted by molar-refractivity contribution is 7.80. The van der Waals surface area contributed by atoms with E-state index >= 15 is 0 Å². The number of amides is 1. The summed E-state index contributed by atoms with van der Waals surface area (Å²) in [4.78, 5) is 24.9. The standard InChI is InChI=1S/C14H21N5OS/c1-2-3-12(13(15)21)18-6-8-19(9-7-18)14(20)11-10-16-4-5-17-11/h4-5,10,12H,2-3,6-9H2,1H3,(H2,15,21). The van der Waals surface area contributed by atoms with Crippen molar-refractivity contribution in [3.63, 3.8) is 0 Å². The highest BCUT2D eigenvalue weighted by atomic mass is 32.1. The van der Waals surface area contributed by atoms with Crippen LogP contribution in [-0.4, -0.2) is 62.9 Å². The van der Waals surface area contributed by atoms with Gasteiger partial charge in [0.15, 0.2) is 0 Å². The molecule has 1 aromatic heterocycles. The molecular weight excluding hydrogens is 286 g/mol. The van der Waals surface area contributed by atoms with Crippen LogP contribution in [0.2, 0.25) is 0 Å². The fourth-order valence-electron chi connectivity index (χ4n) is 2.59. The van der Waals surface area contributed by atoms with Gasteiger partial charge < -0.3 is 10.6 Å². The zero-order valence-electron chi connectivity index (χ0n) is 12.2. The van der Waals surface area contributed by atoms with Gasteiger partial charge in [0, 0.05) is 38.6 Å². The third-order valence-electron chi connectivity index (χ3n) is 3.72. The van der Waals surface area contributed by atoms with E-state index in [1.807, 2.05) is 4.90 Å². The maximum atomic E-state index is 12.3. The molecule has 7 heteroatoms. The minimum atomic E-state index is -0.0647. The van der Waals surface area contributed by atoms with Gasteiger partial charge in [0.2, 0.25) is 0 Å². The number of carbonyl (C=O) groups is 1. The number of hydrogen-bond acceptors (Lipinski definition) is 5. The maximum absolute atomic E-state index is 12.3. The average molecular weight is 307 g/mol. The van der Waals surface area contributed by atoms with E-state index in [0.717, 1.165) is 25.9 Å². The van der Waals surface area contributed by atoms with Crippen LogP contribution in [0.3, 0.4) is 0 Å². The second-order valence-electron chi connectivity index (χ2n) is 5.13. The third-order valence-corrected chi connectivity index (χ3v) is 3.99. The maximum Gasteiger partial charge on any atom is 0.274 e. The summed E-state index contributed by atoms with van der Waals surface area (Å²) in [6, 6.07) is 0.138. The molecule has 2 N–H and O–H groups in total. The molecule has 6 nitrogen and oxygen atoms in total. The predicted molar refractivity (Wildman–Crippen MR) is 85.0 cm³/mol. The smallest absolute Gasteiger partial charge is 0.274 e. The molecule has 0 aliphatic carbocycles. The molecular formula is C14H21N5OS. The van der Waals surface area contributed by atoms with Crippen molar-refractivity contribution in [3.05, 3.63) is 24.3 Å². The fraction of sp³-hybridized carbons (Fsp3) is 0.571. The molecule has 2 rings (SSSR count). The van der Waals surface area contributed by atoms with Crippen LogP contribution >= 0.6 is 12.2 Å². The number of rotatable bonds is 5. The van der Waals surface area contributed by atoms with Crippen molar-refractivity contribution in [1.29, 1.82) is 0 Å². The van der Waals surface area contributed by atoms with Gasteiger partial charge in [-0.05, 0) is 6.42 Å². The van der Waals surface area contributed by atoms with Crippen LogP contribution in [0.25, 0.3) is 0 Å². The molecule has 1 aliphatic heterocycles. The van der Waals surface area contributed by atoms with Gasteiger partial charge >= 0.3 is 0 Å². The van der Waals surface area contributed by atoms with Crippen molar-refractivity contribution in [3.8, 4) is 0 Å². The first kappa shape index (κ1) is 15.8. The summed E-state index contributed by atoms with van der Waals surface area (Å²) >= 11 is 5.16. The van der Waals surface area contributed by atoms with E-state index in [-0.39, 0.29) is 11.9 Å². The molecule has 21 heavy (non-hydrogen) atoms. The molecule has 1 unspecified atom stereocenters. The van der Waals surface area contributed by atoms with E-state index in [1.54, 1.807) is 6.20 Å². The highest BCUT2D eigenvalue weighted by Gasteiger charge is 2.27. The second kappa shape index (κ2) is 7.42. The van der Waals surface area contributed by atoms with Gasteiger partial charge in [-0.1, -0.05) is 25.6 Å². The molecule has 114 valence electrons. The Morgan fingerprint density at radius 3 is 2.62 bits per heavy atom. The molecule has 1 amide bonds. The highest BCUT2D eigenvalue weighted by Crippen LogP contribution is 2.13. The van der Waals surface area contributed by atoms with E-state index < -0.39 is 0 Å². The van der Waals surface area contributed by atoms with E-state index in [1.165, 1.54) is 12.4 Å². The second-order valence-corrected chi connectivity index (χ2v) is 5.60. The van der Waals surface area contributed by atoms with Gasteiger partial charge in [0.05, 0.1) is 17.2 Å². The Kier molecular flexibility index (Phi) is 5.58. The van der Waals surface area contributed by atoms with Gasteiger partial charge in [-0.15, -0.1) is 0 Å². The lowest BCUT2D eigenvalue weighted by Gasteiger charge is -2.38. The Morgan fingerprint density at radius 1 is 1.38 bits per heavy atom. The molecule has 1 saturated heterocycles. The molecule has 0 saturated carbocycles. The van der Waals surface area contributed by atoms with Crippen LogP contribution in [0.4, 0.5) is 0 Å². The van der Waals surface area contributed by atoms with E-state index in [2.05, 4.69) is 21.8 Å². The fourth-order valence-corrected chi connectivity index (χ4v) is 2.85. The number of carbonyl (C=O) groups excluding carboxylic acids is 1. The van der Waals surface area contributed by atoms with Crippen molar-refractivity contribution < 1.29 is 4.79 Å². The van der Waals surface area contributed by atoms with Crippen molar-refractivity contribution in [1.82, 2.24) is 19.8 Å². The van der Waals surface area contributed by atoms with Crippen molar-refractivity contribution in [2.45, 2.75) is 25.8 Å². The third kappa shape index (κ3) is 3.95. The number of aromatic nitrogens is 2. The van der Waals surface area contributed by atoms with Crippen LogP contribution in [-0.2, 0) is 0 Å². The first-order valence-electron chi connectivity index (χ1n) is 7.22. The Labute approximate surface area is 130 Å². The molecule has 0 bridgehead atoms. The monoisotopic (exact) mass is 307 g/mol. The zero-order chi connectivity index (χ0) is 15.2. The lowest BCUT2D eigenvalue weighted by atomic mass is 10.1. The van der Waals surface area contributed by atoms with Gasteiger partial charge in [0.25, 0.3) is 5.91 Å². The minimum absolute atomic E-state index is 0.0647. The Hall–Kier alpha value is -1.60. The molecule has 2 heterocycles. The lowest BCUT2D eigenvalue weighted by Crippen LogP contribution is -2.54.